The summed E-state index contributed by atoms with van der Waals surface area (Å²) in [5.74, 6) is 1.10. The van der Waals surface area contributed by atoms with Crippen molar-refractivity contribution in [2.75, 3.05) is 18.4 Å². The Bertz CT molecular complexity index is 692. The highest BCUT2D eigenvalue weighted by Gasteiger charge is 2.22. The minimum atomic E-state index is 0.0945. The zero-order chi connectivity index (χ0) is 16.2. The second kappa shape index (κ2) is 7.09. The second-order valence-electron chi connectivity index (χ2n) is 6.67. The molecule has 0 bridgehead atoms. The fourth-order valence-corrected chi connectivity index (χ4v) is 3.45. The van der Waals surface area contributed by atoms with E-state index in [1.165, 1.54) is 12.8 Å². The number of carbonyl (C=O) groups is 1. The van der Waals surface area contributed by atoms with Crippen LogP contribution < -0.4 is 10.6 Å². The van der Waals surface area contributed by atoms with Crippen molar-refractivity contribution in [3.8, 4) is 0 Å². The normalized spacial score (nSPS) is 19.5. The Morgan fingerprint density at radius 2 is 2.30 bits per heavy atom. The molecule has 2 N–H and O–H groups in total. The molecule has 2 aromatic rings. The maximum atomic E-state index is 12.4. The molecule has 122 valence electrons. The molecule has 0 aliphatic carbocycles. The van der Waals surface area contributed by atoms with Gasteiger partial charge in [0.1, 0.15) is 0 Å². The number of amides is 1. The number of nitrogens with one attached hydrogen (secondary N) is 2. The van der Waals surface area contributed by atoms with Crippen LogP contribution in [-0.4, -0.2) is 24.0 Å². The number of benzene rings is 1. The van der Waals surface area contributed by atoms with E-state index in [4.69, 9.17) is 0 Å². The highest BCUT2D eigenvalue weighted by atomic mass is 16.1. The molecule has 4 nitrogen and oxygen atoms in total. The number of piperidine rings is 1. The zero-order valence-corrected chi connectivity index (χ0v) is 13.9. The highest BCUT2D eigenvalue weighted by Crippen LogP contribution is 2.26. The van der Waals surface area contributed by atoms with Crippen LogP contribution in [0.15, 0.2) is 30.5 Å². The van der Waals surface area contributed by atoms with Gasteiger partial charge in [-0.15, -0.1) is 0 Å². The molecule has 1 aliphatic rings. The quantitative estimate of drug-likeness (QED) is 0.908. The third-order valence-electron chi connectivity index (χ3n) is 4.89. The lowest BCUT2D eigenvalue weighted by molar-refractivity contribution is -0.117. The van der Waals surface area contributed by atoms with E-state index >= 15 is 0 Å². The molecule has 4 heteroatoms. The number of rotatable bonds is 4. The number of aromatic nitrogens is 1. The number of hydrogen-bond donors (Lipinski definition) is 2. The SMILES string of the molecule is Cc1ccc(NC(=O)CC(C)C2CCCNC2)c2cccnc12. The first-order valence-electron chi connectivity index (χ1n) is 8.50. The Kier molecular flexibility index (Phi) is 4.91. The van der Waals surface area contributed by atoms with Gasteiger partial charge in [-0.2, -0.15) is 0 Å². The van der Waals surface area contributed by atoms with Gasteiger partial charge < -0.3 is 10.6 Å². The number of hydrogen-bond acceptors (Lipinski definition) is 3. The van der Waals surface area contributed by atoms with E-state index in [-0.39, 0.29) is 5.91 Å². The molecule has 1 aromatic carbocycles. The first kappa shape index (κ1) is 15.9. The minimum Gasteiger partial charge on any atom is -0.325 e. The first-order valence-corrected chi connectivity index (χ1v) is 8.50. The molecule has 0 saturated carbocycles. The molecule has 2 unspecified atom stereocenters. The van der Waals surface area contributed by atoms with Gasteiger partial charge in [-0.3, -0.25) is 9.78 Å². The number of pyridine rings is 1. The van der Waals surface area contributed by atoms with Gasteiger partial charge in [0, 0.05) is 18.0 Å². The van der Waals surface area contributed by atoms with Crippen molar-refractivity contribution in [1.29, 1.82) is 0 Å². The van der Waals surface area contributed by atoms with Crippen molar-refractivity contribution in [2.45, 2.75) is 33.1 Å². The summed E-state index contributed by atoms with van der Waals surface area (Å²) < 4.78 is 0. The van der Waals surface area contributed by atoms with Crippen LogP contribution in [0.2, 0.25) is 0 Å². The van der Waals surface area contributed by atoms with Gasteiger partial charge in [-0.05, 0) is 68.5 Å². The number of carbonyl (C=O) groups excluding carboxylic acids is 1. The summed E-state index contributed by atoms with van der Waals surface area (Å²) in [6.07, 6.45) is 4.80. The number of aryl methyl sites for hydroxylation is 1. The van der Waals surface area contributed by atoms with Crippen molar-refractivity contribution in [1.82, 2.24) is 10.3 Å². The highest BCUT2D eigenvalue weighted by molar-refractivity contribution is 6.01. The Morgan fingerprint density at radius 1 is 1.43 bits per heavy atom. The third-order valence-corrected chi connectivity index (χ3v) is 4.89. The van der Waals surface area contributed by atoms with Gasteiger partial charge in [0.15, 0.2) is 0 Å². The molecule has 1 aromatic heterocycles. The van der Waals surface area contributed by atoms with E-state index in [0.717, 1.165) is 35.2 Å². The van der Waals surface area contributed by atoms with Crippen molar-refractivity contribution in [2.24, 2.45) is 11.8 Å². The molecule has 1 aliphatic heterocycles. The number of fused-ring (bicyclic) bond motifs is 1. The molecule has 1 amide bonds. The van der Waals surface area contributed by atoms with Crippen molar-refractivity contribution >= 4 is 22.5 Å². The van der Waals surface area contributed by atoms with Gasteiger partial charge in [0.05, 0.1) is 11.2 Å². The molecule has 23 heavy (non-hydrogen) atoms. The minimum absolute atomic E-state index is 0.0945. The Balaban J connectivity index is 1.69. The fourth-order valence-electron chi connectivity index (χ4n) is 3.45. The predicted octanol–water partition coefficient (Wildman–Crippen LogP) is 3.51. The lowest BCUT2D eigenvalue weighted by atomic mass is 9.85. The molecular weight excluding hydrogens is 286 g/mol. The summed E-state index contributed by atoms with van der Waals surface area (Å²) in [6.45, 7) is 6.37. The summed E-state index contributed by atoms with van der Waals surface area (Å²) in [5, 5.41) is 7.52. The van der Waals surface area contributed by atoms with Crippen LogP contribution >= 0.6 is 0 Å². The van der Waals surface area contributed by atoms with Gasteiger partial charge >= 0.3 is 0 Å². The van der Waals surface area contributed by atoms with Crippen molar-refractivity contribution in [3.05, 3.63) is 36.0 Å². The van der Waals surface area contributed by atoms with E-state index < -0.39 is 0 Å². The van der Waals surface area contributed by atoms with E-state index in [9.17, 15) is 4.79 Å². The molecule has 0 radical (unpaired) electrons. The van der Waals surface area contributed by atoms with E-state index in [2.05, 4.69) is 22.5 Å². The molecule has 0 spiro atoms. The average Bonchev–Trinajstić information content (AvgIpc) is 2.58. The molecule has 2 heterocycles. The topological polar surface area (TPSA) is 54.0 Å². The Labute approximate surface area is 137 Å². The lowest BCUT2D eigenvalue weighted by Crippen LogP contribution is -2.34. The summed E-state index contributed by atoms with van der Waals surface area (Å²) in [5.41, 5.74) is 2.94. The largest absolute Gasteiger partial charge is 0.325 e. The van der Waals surface area contributed by atoms with Crippen LogP contribution in [-0.2, 0) is 4.79 Å². The van der Waals surface area contributed by atoms with Gasteiger partial charge in [-0.25, -0.2) is 0 Å². The van der Waals surface area contributed by atoms with Crippen molar-refractivity contribution in [3.63, 3.8) is 0 Å². The number of nitrogens with zero attached hydrogens (tertiary/aromatic N) is 1. The van der Waals surface area contributed by atoms with E-state index in [0.29, 0.717) is 18.3 Å². The Hall–Kier alpha value is -1.94. The standard InChI is InChI=1S/C19H25N3O/c1-13-7-8-17(16-6-4-10-21-19(13)16)22-18(23)11-14(2)15-5-3-9-20-12-15/h4,6-8,10,14-15,20H,3,5,9,11-12H2,1-2H3,(H,22,23). The first-order chi connectivity index (χ1) is 11.1. The van der Waals surface area contributed by atoms with Crippen LogP contribution in [0.4, 0.5) is 5.69 Å². The van der Waals surface area contributed by atoms with Crippen molar-refractivity contribution < 1.29 is 4.79 Å². The van der Waals surface area contributed by atoms with Crippen LogP contribution in [0.5, 0.6) is 0 Å². The average molecular weight is 311 g/mol. The number of anilines is 1. The van der Waals surface area contributed by atoms with Gasteiger partial charge in [0.2, 0.25) is 5.91 Å². The predicted molar refractivity (Wildman–Crippen MR) is 94.5 cm³/mol. The van der Waals surface area contributed by atoms with Crippen LogP contribution in [0.25, 0.3) is 10.9 Å². The van der Waals surface area contributed by atoms with Gasteiger partial charge in [0.25, 0.3) is 0 Å². The lowest BCUT2D eigenvalue weighted by Gasteiger charge is -2.28. The van der Waals surface area contributed by atoms with Crippen LogP contribution in [0, 0.1) is 18.8 Å². The molecule has 1 fully saturated rings. The Morgan fingerprint density at radius 3 is 3.09 bits per heavy atom. The zero-order valence-electron chi connectivity index (χ0n) is 13.9. The summed E-state index contributed by atoms with van der Waals surface area (Å²) in [7, 11) is 0. The smallest absolute Gasteiger partial charge is 0.224 e. The van der Waals surface area contributed by atoms with Gasteiger partial charge in [-0.1, -0.05) is 13.0 Å². The monoisotopic (exact) mass is 311 g/mol. The summed E-state index contributed by atoms with van der Waals surface area (Å²) in [6, 6.07) is 7.91. The third kappa shape index (κ3) is 3.70. The maximum absolute atomic E-state index is 12.4. The summed E-state index contributed by atoms with van der Waals surface area (Å²) >= 11 is 0. The van der Waals surface area contributed by atoms with Crippen LogP contribution in [0.3, 0.4) is 0 Å². The van der Waals surface area contributed by atoms with E-state index in [1.54, 1.807) is 6.20 Å². The van der Waals surface area contributed by atoms with E-state index in [1.807, 2.05) is 31.2 Å². The molecular formula is C19H25N3O. The molecule has 2 atom stereocenters. The maximum Gasteiger partial charge on any atom is 0.224 e. The van der Waals surface area contributed by atoms with Crippen LogP contribution in [0.1, 0.15) is 31.7 Å². The summed E-state index contributed by atoms with van der Waals surface area (Å²) in [4.78, 5) is 16.9. The molecule has 1 saturated heterocycles. The second-order valence-corrected chi connectivity index (χ2v) is 6.67. The molecule has 3 rings (SSSR count). The fraction of sp³-hybridized carbons (Fsp3) is 0.474.